The lowest BCUT2D eigenvalue weighted by Gasteiger charge is -2.30. The first kappa shape index (κ1) is 16.7. The molecule has 0 unspecified atom stereocenters. The monoisotopic (exact) mass is 346 g/mol. The fraction of sp³-hybridized carbons (Fsp3) is 0.353. The van der Waals surface area contributed by atoms with Crippen molar-refractivity contribution in [2.75, 3.05) is 19.6 Å². The fourth-order valence-electron chi connectivity index (χ4n) is 2.89. The van der Waals surface area contributed by atoms with Crippen LogP contribution in [-0.4, -0.2) is 40.4 Å². The van der Waals surface area contributed by atoms with Gasteiger partial charge < -0.3 is 10.5 Å². The van der Waals surface area contributed by atoms with E-state index >= 15 is 0 Å². The van der Waals surface area contributed by atoms with Gasteiger partial charge in [0.25, 0.3) is 0 Å². The highest BCUT2D eigenvalue weighted by atomic mass is 35.5. The van der Waals surface area contributed by atoms with Crippen LogP contribution < -0.4 is 10.5 Å². The van der Waals surface area contributed by atoms with E-state index in [2.05, 4.69) is 14.9 Å². The summed E-state index contributed by atoms with van der Waals surface area (Å²) in [6.07, 6.45) is 5.09. The highest BCUT2D eigenvalue weighted by molar-refractivity contribution is 6.30. The molecule has 2 heterocycles. The molecule has 1 saturated heterocycles. The van der Waals surface area contributed by atoms with E-state index < -0.39 is 0 Å². The summed E-state index contributed by atoms with van der Waals surface area (Å²) in [6, 6.07) is 7.15. The van der Waals surface area contributed by atoms with Crippen LogP contribution in [0, 0.1) is 0 Å². The van der Waals surface area contributed by atoms with E-state index in [0.29, 0.717) is 23.2 Å². The molecule has 7 heteroatoms. The van der Waals surface area contributed by atoms with Gasteiger partial charge in [0.05, 0.1) is 6.54 Å². The molecule has 2 N–H and O–H groups in total. The highest BCUT2D eigenvalue weighted by Crippen LogP contribution is 2.33. The van der Waals surface area contributed by atoms with Crippen molar-refractivity contribution >= 4 is 17.5 Å². The largest absolute Gasteiger partial charge is 0.437 e. The second kappa shape index (κ2) is 7.59. The van der Waals surface area contributed by atoms with Gasteiger partial charge in [0.2, 0.25) is 11.8 Å². The van der Waals surface area contributed by atoms with Gasteiger partial charge in [-0.25, -0.2) is 4.98 Å². The summed E-state index contributed by atoms with van der Waals surface area (Å²) < 4.78 is 5.89. The second-order valence-electron chi connectivity index (χ2n) is 5.82. The Morgan fingerprint density at radius 3 is 2.54 bits per heavy atom. The number of carbonyl (C=O) groups excluding carboxylic acids is 1. The van der Waals surface area contributed by atoms with E-state index in [-0.39, 0.29) is 11.8 Å². The summed E-state index contributed by atoms with van der Waals surface area (Å²) >= 11 is 5.90. The molecule has 24 heavy (non-hydrogen) atoms. The zero-order valence-electron chi connectivity index (χ0n) is 13.2. The van der Waals surface area contributed by atoms with Gasteiger partial charge in [-0.05, 0) is 50.2 Å². The Bertz CT molecular complexity index is 700. The molecule has 0 aliphatic carbocycles. The first-order valence-corrected chi connectivity index (χ1v) is 8.24. The molecule has 1 aliphatic heterocycles. The average Bonchev–Trinajstić information content (AvgIpc) is 2.58. The van der Waals surface area contributed by atoms with Crippen molar-refractivity contribution in [1.82, 2.24) is 14.9 Å². The Hall–Kier alpha value is -2.18. The summed E-state index contributed by atoms with van der Waals surface area (Å²) in [4.78, 5) is 21.9. The van der Waals surface area contributed by atoms with Crippen LogP contribution in [0.1, 0.15) is 24.5 Å². The maximum atomic E-state index is 11.0. The van der Waals surface area contributed by atoms with E-state index in [1.165, 1.54) is 0 Å². The van der Waals surface area contributed by atoms with Crippen LogP contribution in [0.15, 0.2) is 36.7 Å². The quantitative estimate of drug-likeness (QED) is 0.899. The lowest BCUT2D eigenvalue weighted by Crippen LogP contribution is -2.39. The molecule has 1 amide bonds. The summed E-state index contributed by atoms with van der Waals surface area (Å²) in [7, 11) is 0. The van der Waals surface area contributed by atoms with Crippen LogP contribution in [0.4, 0.5) is 0 Å². The Morgan fingerprint density at radius 2 is 1.88 bits per heavy atom. The maximum Gasteiger partial charge on any atom is 0.241 e. The van der Waals surface area contributed by atoms with Crippen molar-refractivity contribution in [3.05, 3.63) is 47.4 Å². The number of nitrogens with zero attached hydrogens (tertiary/aromatic N) is 3. The van der Waals surface area contributed by atoms with Gasteiger partial charge in [-0.15, -0.1) is 0 Å². The Balaban J connectivity index is 1.70. The third-order valence-electron chi connectivity index (χ3n) is 4.07. The normalized spacial score (nSPS) is 16.0. The molecule has 1 aromatic carbocycles. The summed E-state index contributed by atoms with van der Waals surface area (Å²) in [5.41, 5.74) is 6.11. The first-order chi connectivity index (χ1) is 11.6. The van der Waals surface area contributed by atoms with Crippen molar-refractivity contribution < 1.29 is 9.53 Å². The van der Waals surface area contributed by atoms with E-state index in [1.54, 1.807) is 36.7 Å². The van der Waals surface area contributed by atoms with Gasteiger partial charge in [-0.2, -0.15) is 0 Å². The molecule has 1 fully saturated rings. The topological polar surface area (TPSA) is 81.3 Å². The molecule has 126 valence electrons. The number of hydrogen-bond acceptors (Lipinski definition) is 5. The molecule has 2 aromatic rings. The molecular formula is C17H19ClN4O2. The zero-order valence-corrected chi connectivity index (χ0v) is 13.9. The molecule has 1 aromatic heterocycles. The number of ether oxygens (including phenoxy) is 1. The molecule has 0 bridgehead atoms. The lowest BCUT2D eigenvalue weighted by atomic mass is 9.93. The Kier molecular flexibility index (Phi) is 5.27. The smallest absolute Gasteiger partial charge is 0.241 e. The number of primary amides is 1. The fourth-order valence-corrected chi connectivity index (χ4v) is 3.02. The SMILES string of the molecule is NC(=O)CN1CCC(c2nccnc2Oc2ccc(Cl)cc2)CC1. The van der Waals surface area contributed by atoms with Crippen LogP contribution in [-0.2, 0) is 4.79 Å². The van der Waals surface area contributed by atoms with E-state index in [0.717, 1.165) is 31.6 Å². The summed E-state index contributed by atoms with van der Waals surface area (Å²) in [6.45, 7) is 1.93. The molecule has 0 saturated carbocycles. The van der Waals surface area contributed by atoms with Crippen LogP contribution in [0.5, 0.6) is 11.6 Å². The minimum absolute atomic E-state index is 0.255. The number of benzene rings is 1. The van der Waals surface area contributed by atoms with Gasteiger partial charge in [0.1, 0.15) is 11.4 Å². The minimum Gasteiger partial charge on any atom is -0.437 e. The number of carbonyl (C=O) groups is 1. The standard InChI is InChI=1S/C17H19ClN4O2/c18-13-1-3-14(4-2-13)24-17-16(20-7-8-21-17)12-5-9-22(10-6-12)11-15(19)23/h1-4,7-8,12H,5-6,9-11H2,(H2,19,23). The predicted molar refractivity (Wildman–Crippen MR) is 91.2 cm³/mol. The van der Waals surface area contributed by atoms with Crippen molar-refractivity contribution in [3.63, 3.8) is 0 Å². The van der Waals surface area contributed by atoms with E-state index in [4.69, 9.17) is 22.1 Å². The minimum atomic E-state index is -0.292. The number of likely N-dealkylation sites (tertiary alicyclic amines) is 1. The number of hydrogen-bond donors (Lipinski definition) is 1. The highest BCUT2D eigenvalue weighted by Gasteiger charge is 2.25. The number of rotatable bonds is 5. The van der Waals surface area contributed by atoms with Crippen molar-refractivity contribution in [1.29, 1.82) is 0 Å². The van der Waals surface area contributed by atoms with E-state index in [9.17, 15) is 4.79 Å². The van der Waals surface area contributed by atoms with Gasteiger partial charge in [-0.1, -0.05) is 11.6 Å². The molecule has 0 radical (unpaired) electrons. The summed E-state index contributed by atoms with van der Waals surface area (Å²) in [5, 5.41) is 0.656. The number of aromatic nitrogens is 2. The number of piperidine rings is 1. The van der Waals surface area contributed by atoms with Crippen LogP contribution in [0.2, 0.25) is 5.02 Å². The predicted octanol–water partition coefficient (Wildman–Crippen LogP) is 2.59. The molecule has 0 atom stereocenters. The lowest BCUT2D eigenvalue weighted by molar-refractivity contribution is -0.119. The molecule has 1 aliphatic rings. The van der Waals surface area contributed by atoms with Crippen molar-refractivity contribution in [2.45, 2.75) is 18.8 Å². The van der Waals surface area contributed by atoms with Crippen LogP contribution in [0.25, 0.3) is 0 Å². The van der Waals surface area contributed by atoms with Gasteiger partial charge in [0.15, 0.2) is 0 Å². The molecule has 0 spiro atoms. The van der Waals surface area contributed by atoms with Crippen LogP contribution >= 0.6 is 11.6 Å². The molecular weight excluding hydrogens is 328 g/mol. The first-order valence-electron chi connectivity index (χ1n) is 7.87. The Morgan fingerprint density at radius 1 is 1.21 bits per heavy atom. The average molecular weight is 347 g/mol. The number of nitrogens with two attached hydrogens (primary N) is 1. The zero-order chi connectivity index (χ0) is 16.9. The van der Waals surface area contributed by atoms with Gasteiger partial charge in [-0.3, -0.25) is 14.7 Å². The van der Waals surface area contributed by atoms with Crippen molar-refractivity contribution in [2.24, 2.45) is 5.73 Å². The van der Waals surface area contributed by atoms with Crippen LogP contribution in [0.3, 0.4) is 0 Å². The molecule has 6 nitrogen and oxygen atoms in total. The molecule has 3 rings (SSSR count). The third-order valence-corrected chi connectivity index (χ3v) is 4.33. The second-order valence-corrected chi connectivity index (χ2v) is 6.26. The van der Waals surface area contributed by atoms with Gasteiger partial charge >= 0.3 is 0 Å². The number of amides is 1. The summed E-state index contributed by atoms with van der Waals surface area (Å²) in [5.74, 6) is 1.16. The third kappa shape index (κ3) is 4.21. The maximum absolute atomic E-state index is 11.0. The van der Waals surface area contributed by atoms with Gasteiger partial charge in [0, 0.05) is 23.3 Å². The van der Waals surface area contributed by atoms with E-state index in [1.807, 2.05) is 0 Å². The Labute approximate surface area is 145 Å². The number of halogens is 1. The van der Waals surface area contributed by atoms with Crippen molar-refractivity contribution in [3.8, 4) is 11.6 Å².